The summed E-state index contributed by atoms with van der Waals surface area (Å²) in [6, 6.07) is 23.3. The van der Waals surface area contributed by atoms with Crippen molar-refractivity contribution in [2.75, 3.05) is 24.6 Å². The van der Waals surface area contributed by atoms with E-state index >= 15 is 0 Å². The zero-order valence-electron chi connectivity index (χ0n) is 34.9. The van der Waals surface area contributed by atoms with E-state index in [4.69, 9.17) is 9.47 Å². The van der Waals surface area contributed by atoms with E-state index in [2.05, 4.69) is 131 Å². The smallest absolute Gasteiger partial charge is 0.305 e. The molecule has 5 aliphatic heterocycles. The van der Waals surface area contributed by atoms with E-state index in [0.29, 0.717) is 18.9 Å². The first kappa shape index (κ1) is 36.1. The standard InChI is InChI=1S/C51H59N2O3/c1-9-55-44(54)21-11-10-16-23-51(8)38-19-14-15-20-41(38)52-24-22-31-27-43-32(25-34(31)46(51)52)26-36-45-50(6,7)40-28-35-33-17-12-13-18-37(33)49(4,5)39(35)29-42(40)53(45)30-48(2,3)47(36)56-43/h12-15,17-20,25-26,28-29,31,43,47H,9-11,16,21-24,27,30H2,1-8H3/q+1/t31-,43+,47+,51?/m0/s1. The predicted molar refractivity (Wildman–Crippen MR) is 226 cm³/mol. The molecule has 0 saturated heterocycles. The normalized spacial score (nSPS) is 27.8. The SMILES string of the molecule is CCOC(=O)CCCCCC1(C)C2=C3C=C4C=C5C6=[N+](CC(C)(C)[C@@H]5O[C@@H]4C[C@@H]3CCN2c2ccccc21)c1cc2c(cc1C6(C)C)-c1ccccc1C2(C)C. The lowest BCUT2D eigenvalue weighted by Gasteiger charge is -2.47. The number of rotatable bonds is 7. The van der Waals surface area contributed by atoms with Gasteiger partial charge in [-0.3, -0.25) is 4.79 Å². The van der Waals surface area contributed by atoms with Crippen LogP contribution in [0.5, 0.6) is 0 Å². The molecular formula is C51H59N2O3+. The lowest BCUT2D eigenvalue weighted by molar-refractivity contribution is -0.466. The summed E-state index contributed by atoms with van der Waals surface area (Å²) in [7, 11) is 0. The third-order valence-corrected chi connectivity index (χ3v) is 15.0. The summed E-state index contributed by atoms with van der Waals surface area (Å²) in [6.45, 7) is 21.4. The van der Waals surface area contributed by atoms with Crippen LogP contribution in [-0.2, 0) is 30.5 Å². The van der Waals surface area contributed by atoms with Crippen LogP contribution in [0.3, 0.4) is 0 Å². The minimum absolute atomic E-state index is 0.0363. The third-order valence-electron chi connectivity index (χ3n) is 15.0. The fourth-order valence-electron chi connectivity index (χ4n) is 12.3. The molecule has 10 rings (SSSR count). The monoisotopic (exact) mass is 747 g/mol. The van der Waals surface area contributed by atoms with Gasteiger partial charge in [-0.05, 0) is 116 Å². The Labute approximate surface area is 334 Å². The first-order valence-electron chi connectivity index (χ1n) is 21.6. The number of fused-ring (bicyclic) bond motifs is 12. The molecule has 7 aliphatic rings. The number of esters is 1. The van der Waals surface area contributed by atoms with Gasteiger partial charge in [0, 0.05) is 52.4 Å². The van der Waals surface area contributed by atoms with Gasteiger partial charge in [0.15, 0.2) is 12.3 Å². The molecule has 3 aromatic carbocycles. The molecule has 56 heavy (non-hydrogen) atoms. The molecular weight excluding hydrogens is 689 g/mol. The van der Waals surface area contributed by atoms with Crippen molar-refractivity contribution in [3.05, 3.63) is 117 Å². The van der Waals surface area contributed by atoms with E-state index in [9.17, 15) is 4.79 Å². The first-order chi connectivity index (χ1) is 26.8. The number of ether oxygens (including phenoxy) is 2. The molecule has 2 aliphatic carbocycles. The molecule has 5 heterocycles. The zero-order valence-corrected chi connectivity index (χ0v) is 34.9. The van der Waals surface area contributed by atoms with Crippen molar-refractivity contribution in [1.82, 2.24) is 0 Å². The van der Waals surface area contributed by atoms with E-state index in [-0.39, 0.29) is 39.8 Å². The number of hydrogen-bond donors (Lipinski definition) is 0. The number of carbonyl (C=O) groups is 1. The lowest BCUT2D eigenvalue weighted by atomic mass is 9.67. The van der Waals surface area contributed by atoms with Gasteiger partial charge in [0.05, 0.1) is 23.5 Å². The molecule has 0 aromatic heterocycles. The highest BCUT2D eigenvalue weighted by atomic mass is 16.5. The van der Waals surface area contributed by atoms with Crippen LogP contribution in [-0.4, -0.2) is 48.2 Å². The van der Waals surface area contributed by atoms with Gasteiger partial charge in [-0.15, -0.1) is 0 Å². The number of para-hydroxylation sites is 1. The van der Waals surface area contributed by atoms with E-state index < -0.39 is 0 Å². The molecule has 5 heteroatoms. The summed E-state index contributed by atoms with van der Waals surface area (Å²) < 4.78 is 15.3. The van der Waals surface area contributed by atoms with Gasteiger partial charge in [0.25, 0.3) is 0 Å². The molecule has 0 N–H and O–H groups in total. The summed E-state index contributed by atoms with van der Waals surface area (Å²) in [6.07, 6.45) is 12.1. The molecule has 0 bridgehead atoms. The predicted octanol–water partition coefficient (Wildman–Crippen LogP) is 11.0. The Balaban J connectivity index is 1.06. The maximum Gasteiger partial charge on any atom is 0.305 e. The van der Waals surface area contributed by atoms with E-state index in [0.717, 1.165) is 51.6 Å². The molecule has 4 atom stereocenters. The maximum absolute atomic E-state index is 12.1. The molecule has 1 unspecified atom stereocenters. The van der Waals surface area contributed by atoms with Crippen molar-refractivity contribution in [3.63, 3.8) is 0 Å². The van der Waals surface area contributed by atoms with E-state index in [1.54, 1.807) is 0 Å². The second-order valence-electron chi connectivity index (χ2n) is 19.8. The minimum atomic E-state index is -0.164. The van der Waals surface area contributed by atoms with Crippen LogP contribution in [0.4, 0.5) is 11.4 Å². The van der Waals surface area contributed by atoms with Gasteiger partial charge in [-0.25, -0.2) is 0 Å². The van der Waals surface area contributed by atoms with Crippen LogP contribution in [0, 0.1) is 11.3 Å². The van der Waals surface area contributed by atoms with Gasteiger partial charge in [0.2, 0.25) is 5.69 Å². The van der Waals surface area contributed by atoms with Gasteiger partial charge in [-0.1, -0.05) is 89.1 Å². The Morgan fingerprint density at radius 3 is 2.43 bits per heavy atom. The average Bonchev–Trinajstić information content (AvgIpc) is 3.66. The Morgan fingerprint density at radius 2 is 1.62 bits per heavy atom. The van der Waals surface area contributed by atoms with Crippen LogP contribution in [0.1, 0.15) is 123 Å². The van der Waals surface area contributed by atoms with Crippen molar-refractivity contribution in [2.24, 2.45) is 11.3 Å². The van der Waals surface area contributed by atoms with Gasteiger partial charge >= 0.3 is 5.97 Å². The highest BCUT2D eigenvalue weighted by Gasteiger charge is 2.59. The van der Waals surface area contributed by atoms with Crippen LogP contribution >= 0.6 is 0 Å². The quantitative estimate of drug-likeness (QED) is 0.137. The van der Waals surface area contributed by atoms with Crippen molar-refractivity contribution >= 4 is 23.1 Å². The zero-order chi connectivity index (χ0) is 38.9. The minimum Gasteiger partial charge on any atom is -0.466 e. The van der Waals surface area contributed by atoms with Crippen molar-refractivity contribution in [3.8, 4) is 11.1 Å². The van der Waals surface area contributed by atoms with Crippen molar-refractivity contribution in [1.29, 1.82) is 0 Å². The summed E-state index contributed by atoms with van der Waals surface area (Å²) in [4.78, 5) is 14.7. The summed E-state index contributed by atoms with van der Waals surface area (Å²) >= 11 is 0. The van der Waals surface area contributed by atoms with E-state index in [1.807, 2.05) is 6.92 Å². The summed E-state index contributed by atoms with van der Waals surface area (Å²) in [5, 5.41) is 0. The Bertz CT molecular complexity index is 2330. The van der Waals surface area contributed by atoms with Crippen LogP contribution in [0.2, 0.25) is 0 Å². The number of unbranched alkanes of at least 4 members (excludes halogenated alkanes) is 2. The van der Waals surface area contributed by atoms with Crippen molar-refractivity contribution in [2.45, 2.75) is 129 Å². The van der Waals surface area contributed by atoms with Crippen LogP contribution < -0.4 is 4.90 Å². The average molecular weight is 748 g/mol. The molecule has 0 spiro atoms. The van der Waals surface area contributed by atoms with Gasteiger partial charge in [0.1, 0.15) is 6.10 Å². The third kappa shape index (κ3) is 5.01. The fourth-order valence-corrected chi connectivity index (χ4v) is 12.3. The fraction of sp³-hybridized carbons (Fsp3) is 0.490. The van der Waals surface area contributed by atoms with Crippen LogP contribution in [0.15, 0.2) is 95.2 Å². The van der Waals surface area contributed by atoms with Gasteiger partial charge < -0.3 is 14.4 Å². The number of benzene rings is 3. The van der Waals surface area contributed by atoms with E-state index in [1.165, 1.54) is 72.9 Å². The first-order valence-corrected chi connectivity index (χ1v) is 21.6. The molecule has 3 aromatic rings. The van der Waals surface area contributed by atoms with Crippen LogP contribution in [0.25, 0.3) is 11.1 Å². The summed E-state index contributed by atoms with van der Waals surface area (Å²) in [5.41, 5.74) is 18.2. The topological polar surface area (TPSA) is 41.8 Å². The molecule has 0 fully saturated rings. The molecule has 290 valence electrons. The molecule has 5 nitrogen and oxygen atoms in total. The Hall–Kier alpha value is -4.22. The van der Waals surface area contributed by atoms with Crippen molar-refractivity contribution < 1.29 is 18.8 Å². The Kier molecular flexibility index (Phi) is 8.00. The lowest BCUT2D eigenvalue weighted by Crippen LogP contribution is -2.53. The number of carbonyl (C=O) groups excluding carboxylic acids is 1. The second-order valence-corrected chi connectivity index (χ2v) is 19.8. The maximum atomic E-state index is 12.1. The van der Waals surface area contributed by atoms with Gasteiger partial charge in [-0.2, -0.15) is 4.58 Å². The second kappa shape index (κ2) is 12.4. The highest BCUT2D eigenvalue weighted by Crippen LogP contribution is 2.59. The molecule has 0 radical (unpaired) electrons. The number of nitrogens with zero attached hydrogens (tertiary/aromatic N) is 2. The largest absolute Gasteiger partial charge is 0.466 e. The Morgan fingerprint density at radius 1 is 0.857 bits per heavy atom. The number of hydrogen-bond acceptors (Lipinski definition) is 4. The number of allylic oxidation sites excluding steroid dienone is 3. The molecule has 0 amide bonds. The number of anilines is 1. The summed E-state index contributed by atoms with van der Waals surface area (Å²) in [5.74, 6) is 0.413. The highest BCUT2D eigenvalue weighted by molar-refractivity contribution is 6.09. The molecule has 0 saturated carbocycles.